The van der Waals surface area contributed by atoms with E-state index in [-0.39, 0.29) is 17.7 Å². The van der Waals surface area contributed by atoms with Crippen molar-refractivity contribution in [1.29, 1.82) is 0 Å². The first-order valence-electron chi connectivity index (χ1n) is 40.7. The number of hydrogen-bond donors (Lipinski definition) is 3. The van der Waals surface area contributed by atoms with Crippen LogP contribution >= 0.6 is 0 Å². The molecule has 3 amide bonds. The lowest BCUT2D eigenvalue weighted by Crippen LogP contribution is -2.39. The first-order valence-corrected chi connectivity index (χ1v) is 40.7. The van der Waals surface area contributed by atoms with Gasteiger partial charge in [-0.3, -0.25) is 24.0 Å². The number of rotatable bonds is 77. The third-order valence-corrected chi connectivity index (χ3v) is 19.2. The van der Waals surface area contributed by atoms with Crippen molar-refractivity contribution in [2.24, 2.45) is 0 Å². The van der Waals surface area contributed by atoms with Gasteiger partial charge in [-0.15, -0.1) is 0 Å². The maximum atomic E-state index is 13.4. The number of ketones is 2. The van der Waals surface area contributed by atoms with Crippen molar-refractivity contribution in [2.75, 3.05) is 78.5 Å². The zero-order chi connectivity index (χ0) is 66.2. The van der Waals surface area contributed by atoms with Gasteiger partial charge in [0.1, 0.15) is 11.6 Å². The smallest absolute Gasteiger partial charge is 0.221 e. The molecular formula is C80H158N6O5. The molecule has 0 aliphatic carbocycles. The van der Waals surface area contributed by atoms with Crippen LogP contribution in [0.1, 0.15) is 407 Å². The van der Waals surface area contributed by atoms with Gasteiger partial charge < -0.3 is 30.7 Å². The van der Waals surface area contributed by atoms with Crippen LogP contribution in [0.3, 0.4) is 0 Å². The predicted octanol–water partition coefficient (Wildman–Crippen LogP) is 21.1. The molecule has 0 aliphatic heterocycles. The molecule has 0 fully saturated rings. The normalized spacial score (nSPS) is 11.6. The summed E-state index contributed by atoms with van der Waals surface area (Å²) in [6.45, 7) is 20.2. The van der Waals surface area contributed by atoms with E-state index in [0.717, 1.165) is 116 Å². The Morgan fingerprint density at radius 2 is 0.374 bits per heavy atom. The number of carbonyl (C=O) groups is 5. The average Bonchev–Trinajstić information content (AvgIpc) is 3.68. The lowest BCUT2D eigenvalue weighted by atomic mass is 10.0. The van der Waals surface area contributed by atoms with Gasteiger partial charge in [-0.05, 0) is 58.0 Å². The second kappa shape index (κ2) is 73.4. The monoisotopic (exact) mass is 1280 g/mol. The van der Waals surface area contributed by atoms with Crippen LogP contribution < -0.4 is 16.0 Å². The molecule has 0 aromatic rings. The van der Waals surface area contributed by atoms with Crippen LogP contribution in [0, 0.1) is 0 Å². The van der Waals surface area contributed by atoms with E-state index in [1.54, 1.807) is 0 Å². The number of Topliss-reactive ketones (excluding diaryl/α,β-unsaturated/α-hetero) is 2. The highest BCUT2D eigenvalue weighted by atomic mass is 16.2. The molecule has 11 nitrogen and oxygen atoms in total. The summed E-state index contributed by atoms with van der Waals surface area (Å²) in [5.41, 5.74) is 0. The highest BCUT2D eigenvalue weighted by Crippen LogP contribution is 2.17. The van der Waals surface area contributed by atoms with Crippen molar-refractivity contribution >= 4 is 29.3 Å². The molecule has 0 spiro atoms. The molecule has 11 heteroatoms. The largest absolute Gasteiger partial charge is 0.356 e. The van der Waals surface area contributed by atoms with E-state index >= 15 is 0 Å². The second-order valence-electron chi connectivity index (χ2n) is 28.2. The molecule has 0 bridgehead atoms. The summed E-state index contributed by atoms with van der Waals surface area (Å²) in [5, 5.41) is 9.62. The van der Waals surface area contributed by atoms with Crippen molar-refractivity contribution in [3.8, 4) is 0 Å². The topological polar surface area (TPSA) is 131 Å². The first kappa shape index (κ1) is 88.6. The molecule has 0 aliphatic rings. The zero-order valence-corrected chi connectivity index (χ0v) is 61.9. The van der Waals surface area contributed by atoms with Gasteiger partial charge in [0.2, 0.25) is 17.7 Å². The lowest BCUT2D eigenvalue weighted by Gasteiger charge is -2.28. The highest BCUT2D eigenvalue weighted by molar-refractivity contribution is 5.79. The second-order valence-corrected chi connectivity index (χ2v) is 28.2. The van der Waals surface area contributed by atoms with Crippen molar-refractivity contribution < 1.29 is 24.0 Å². The van der Waals surface area contributed by atoms with Gasteiger partial charge in [0.05, 0.1) is 0 Å². The molecule has 0 atom stereocenters. The minimum atomic E-state index is 0.106. The van der Waals surface area contributed by atoms with E-state index in [1.165, 1.54) is 257 Å². The van der Waals surface area contributed by atoms with E-state index in [4.69, 9.17) is 0 Å². The number of nitrogens with one attached hydrogen (secondary N) is 3. The zero-order valence-electron chi connectivity index (χ0n) is 61.9. The number of carbonyl (C=O) groups excluding carboxylic acids is 5. The Hall–Kier alpha value is -2.37. The average molecular weight is 1280 g/mol. The molecule has 0 aromatic heterocycles. The Balaban J connectivity index is 5.75. The Labute approximate surface area is 566 Å². The van der Waals surface area contributed by atoms with Gasteiger partial charge in [0.25, 0.3) is 0 Å². The third-order valence-electron chi connectivity index (χ3n) is 19.2. The summed E-state index contributed by atoms with van der Waals surface area (Å²) in [5.74, 6) is 1.02. The Morgan fingerprint density at radius 1 is 0.187 bits per heavy atom. The van der Waals surface area contributed by atoms with Gasteiger partial charge in [0, 0.05) is 110 Å². The number of nitrogens with zero attached hydrogens (tertiary/aromatic N) is 3. The molecule has 0 saturated heterocycles. The van der Waals surface area contributed by atoms with E-state index in [1.807, 2.05) is 0 Å². The Morgan fingerprint density at radius 3 is 0.626 bits per heavy atom. The number of amides is 3. The van der Waals surface area contributed by atoms with E-state index in [0.29, 0.717) is 89.2 Å². The molecule has 0 unspecified atom stereocenters. The van der Waals surface area contributed by atoms with Crippen LogP contribution in [-0.2, 0) is 24.0 Å². The van der Waals surface area contributed by atoms with Crippen LogP contribution in [0.5, 0.6) is 0 Å². The van der Waals surface area contributed by atoms with Crippen LogP contribution in [0.25, 0.3) is 0 Å². The molecule has 538 valence electrons. The maximum absolute atomic E-state index is 13.4. The highest BCUT2D eigenvalue weighted by Gasteiger charge is 2.17. The summed E-state index contributed by atoms with van der Waals surface area (Å²) in [4.78, 5) is 73.6. The molecule has 91 heavy (non-hydrogen) atoms. The molecule has 0 saturated carbocycles. The van der Waals surface area contributed by atoms with Crippen molar-refractivity contribution in [3.63, 3.8) is 0 Å². The van der Waals surface area contributed by atoms with Gasteiger partial charge >= 0.3 is 0 Å². The number of hydrogen-bond acceptors (Lipinski definition) is 8. The summed E-state index contributed by atoms with van der Waals surface area (Å²) in [6, 6.07) is 0. The van der Waals surface area contributed by atoms with Gasteiger partial charge in [-0.2, -0.15) is 0 Å². The minimum absolute atomic E-state index is 0.106. The molecule has 0 aromatic carbocycles. The standard InChI is InChI=1S/C80H158N6O5/c1-6-11-16-21-26-30-34-36-40-44-50-57-76(87)59-69-86(70-60-77(88)58-51-45-41-37-35-31-27-22-17-12-7-2)75-74-85(73-63-80(91)83-64-52-46-25-20-15-10-5)68-56-49-55-67-84(71-61-78(89)81-65-53-47-42-38-32-28-23-18-13-8-3)72-62-79(90)82-66-54-48-43-39-33-29-24-19-14-9-4/h6-75H2,1-5H3,(H,81,89)(H,82,90)(H,83,91). The van der Waals surface area contributed by atoms with Crippen LogP contribution in [0.2, 0.25) is 0 Å². The maximum Gasteiger partial charge on any atom is 0.221 e. The van der Waals surface area contributed by atoms with Crippen LogP contribution in [0.4, 0.5) is 0 Å². The molecule has 0 rings (SSSR count). The molecule has 0 heterocycles. The quantitative estimate of drug-likeness (QED) is 0.0513. The van der Waals surface area contributed by atoms with Crippen molar-refractivity contribution in [1.82, 2.24) is 30.7 Å². The summed E-state index contributed by atoms with van der Waals surface area (Å²) >= 11 is 0. The third kappa shape index (κ3) is 68.8. The number of unbranched alkanes of at least 4 members (excludes halogenated alkanes) is 45. The van der Waals surface area contributed by atoms with Gasteiger partial charge in [0.15, 0.2) is 0 Å². The Kier molecular flexibility index (Phi) is 71.5. The minimum Gasteiger partial charge on any atom is -0.356 e. The Bertz CT molecular complexity index is 1480. The first-order chi connectivity index (χ1) is 44.7. The van der Waals surface area contributed by atoms with E-state index in [9.17, 15) is 24.0 Å². The lowest BCUT2D eigenvalue weighted by molar-refractivity contribution is -0.122. The van der Waals surface area contributed by atoms with E-state index in [2.05, 4.69) is 65.3 Å². The van der Waals surface area contributed by atoms with Crippen LogP contribution in [0.15, 0.2) is 0 Å². The molecular weight excluding hydrogens is 1120 g/mol. The summed E-state index contributed by atoms with van der Waals surface area (Å²) in [7, 11) is 0. The predicted molar refractivity (Wildman–Crippen MR) is 395 cm³/mol. The summed E-state index contributed by atoms with van der Waals surface area (Å²) in [6.07, 6.45) is 67.4. The van der Waals surface area contributed by atoms with E-state index < -0.39 is 0 Å². The van der Waals surface area contributed by atoms with Gasteiger partial charge in [-0.25, -0.2) is 0 Å². The fourth-order valence-electron chi connectivity index (χ4n) is 12.8. The van der Waals surface area contributed by atoms with Gasteiger partial charge in [-0.1, -0.05) is 317 Å². The fraction of sp³-hybridized carbons (Fsp3) is 0.938. The summed E-state index contributed by atoms with van der Waals surface area (Å²) < 4.78 is 0. The van der Waals surface area contributed by atoms with Crippen molar-refractivity contribution in [2.45, 2.75) is 407 Å². The van der Waals surface area contributed by atoms with Crippen LogP contribution in [-0.4, -0.2) is 123 Å². The molecule has 0 radical (unpaired) electrons. The molecule has 3 N–H and O–H groups in total. The fourth-order valence-corrected chi connectivity index (χ4v) is 12.8. The van der Waals surface area contributed by atoms with Crippen molar-refractivity contribution in [3.05, 3.63) is 0 Å². The SMILES string of the molecule is CCCCCCCCCCCCCC(=O)CCN(CCC(=O)CCCCCCCCCCCCC)CCN(CCCCCN(CCC(=O)NCCCCCCCCCCCC)CCC(=O)NCCCCCCCCCCCC)CCC(=O)NCCCCCCCC.